The van der Waals surface area contributed by atoms with Crippen molar-refractivity contribution in [3.63, 3.8) is 0 Å². The van der Waals surface area contributed by atoms with Crippen molar-refractivity contribution in [1.29, 1.82) is 0 Å². The van der Waals surface area contributed by atoms with Crippen molar-refractivity contribution >= 4 is 29.0 Å². The summed E-state index contributed by atoms with van der Waals surface area (Å²) in [6.45, 7) is 46.2. The molecular formula is C44H92B4F16N8O4. The fraction of sp³-hybridized carbons (Fsp3) is 1.00. The monoisotopic (exact) mass is 1140 g/mol. The van der Waals surface area contributed by atoms with Crippen molar-refractivity contribution in [3.05, 3.63) is 0 Å². The molecule has 4 rings (SSSR count). The minimum absolute atomic E-state index is 0.122. The molecule has 4 aliphatic rings. The van der Waals surface area contributed by atoms with Crippen LogP contribution in [0.3, 0.4) is 0 Å². The van der Waals surface area contributed by atoms with Crippen molar-refractivity contribution in [2.24, 2.45) is 21.1 Å². The Hall–Kier alpha value is -3.26. The second kappa shape index (κ2) is 32.7. The van der Waals surface area contributed by atoms with Crippen molar-refractivity contribution in [3.8, 4) is 0 Å². The predicted molar refractivity (Wildman–Crippen MR) is 266 cm³/mol. The Morgan fingerprint density at radius 3 is 0.434 bits per heavy atom. The smallest absolute Gasteiger partial charge is 0.418 e. The molecule has 0 radical (unpaired) electrons. The van der Waals surface area contributed by atoms with Crippen LogP contribution in [0.2, 0.25) is 0 Å². The molecule has 456 valence electrons. The summed E-state index contributed by atoms with van der Waals surface area (Å²) in [5.41, 5.74) is 0.976. The first-order chi connectivity index (χ1) is 33.6. The molecule has 0 N–H and O–H groups in total. The van der Waals surface area contributed by atoms with Crippen molar-refractivity contribution in [2.75, 3.05) is 26.4 Å². The molecule has 0 amide bonds. The molecule has 4 saturated heterocycles. The highest BCUT2D eigenvalue weighted by atomic mass is 19.5. The van der Waals surface area contributed by atoms with Crippen LogP contribution >= 0.6 is 0 Å². The quantitative estimate of drug-likeness (QED) is 0.105. The van der Waals surface area contributed by atoms with Gasteiger partial charge >= 0.3 is 29.0 Å². The van der Waals surface area contributed by atoms with Crippen LogP contribution in [0.1, 0.15) is 216 Å². The number of piperidine rings is 4. The Bertz CT molecular complexity index is 1420. The average Bonchev–Trinajstić information content (AvgIpc) is 3.14. The van der Waals surface area contributed by atoms with Crippen molar-refractivity contribution in [2.45, 2.75) is 260 Å². The fourth-order valence-corrected chi connectivity index (χ4v) is 9.29. The van der Waals surface area contributed by atoms with Crippen LogP contribution in [-0.4, -0.2) is 119 Å². The summed E-state index contributed by atoms with van der Waals surface area (Å²) in [5, 5.41) is 17.0. The number of halogens is 16. The standard InChI is InChI=1S/4C11H23N2O.4BF4/c4*1-6-14-12-13-10(2,3)8-7-9-11(13,4)5;4*2-1(3,4)5/h4*6-9H2,1-5H3;;;;/q4*+1;4*-1. The molecular weight excluding hydrogens is 1050 g/mol. The number of hydrogen-bond acceptors (Lipinski definition) is 8. The van der Waals surface area contributed by atoms with E-state index in [4.69, 9.17) is 19.4 Å². The van der Waals surface area contributed by atoms with Crippen LogP contribution in [0.15, 0.2) is 21.1 Å². The molecule has 0 aliphatic carbocycles. The molecule has 0 atom stereocenters. The third-order valence-electron chi connectivity index (χ3n) is 12.0. The summed E-state index contributed by atoms with van der Waals surface area (Å²) in [5.74, 6) is 0. The van der Waals surface area contributed by atoms with Crippen LogP contribution in [-0.2, 0) is 19.4 Å². The van der Waals surface area contributed by atoms with Gasteiger partial charge in [-0.15, -0.1) is 0 Å². The second-order valence-corrected chi connectivity index (χ2v) is 23.1. The van der Waals surface area contributed by atoms with Gasteiger partial charge in [-0.3, -0.25) is 0 Å². The van der Waals surface area contributed by atoms with E-state index in [0.717, 1.165) is 0 Å². The molecule has 0 aromatic rings. The van der Waals surface area contributed by atoms with Gasteiger partial charge in [0, 0.05) is 162 Å². The van der Waals surface area contributed by atoms with Gasteiger partial charge in [0.1, 0.15) is 26.4 Å². The summed E-state index contributed by atoms with van der Waals surface area (Å²) in [7, 11) is -24.0. The second-order valence-electron chi connectivity index (χ2n) is 23.1. The van der Waals surface area contributed by atoms with Gasteiger partial charge < -0.3 is 88.4 Å². The first kappa shape index (κ1) is 79.2. The normalized spacial score (nSPS) is 21.2. The lowest BCUT2D eigenvalue weighted by Crippen LogP contribution is -2.51. The van der Waals surface area contributed by atoms with E-state index in [-0.39, 0.29) is 44.3 Å². The minimum Gasteiger partial charge on any atom is -0.418 e. The topological polar surface area (TPSA) is 98.4 Å². The molecule has 0 unspecified atom stereocenters. The zero-order valence-electron chi connectivity index (χ0n) is 48.9. The fourth-order valence-electron chi connectivity index (χ4n) is 9.29. The molecule has 0 spiro atoms. The molecule has 32 heteroatoms. The summed E-state index contributed by atoms with van der Waals surface area (Å²) in [4.78, 5) is 20.8. The molecule has 4 heterocycles. The van der Waals surface area contributed by atoms with Gasteiger partial charge in [-0.25, -0.2) is 0 Å². The first-order valence-corrected chi connectivity index (χ1v) is 25.6. The molecule has 0 aromatic carbocycles. The largest absolute Gasteiger partial charge is 0.673 e. The maximum absolute atomic E-state index is 9.75. The highest BCUT2D eigenvalue weighted by Gasteiger charge is 2.51. The lowest BCUT2D eigenvalue weighted by atomic mass is 9.82. The van der Waals surface area contributed by atoms with Gasteiger partial charge in [0.15, 0.2) is 65.4 Å². The van der Waals surface area contributed by atoms with Crippen molar-refractivity contribution < 1.29 is 107 Å². The van der Waals surface area contributed by atoms with E-state index < -0.39 is 29.0 Å². The van der Waals surface area contributed by atoms with Gasteiger partial charge in [-0.2, -0.15) is 0 Å². The predicted octanol–water partition coefficient (Wildman–Crippen LogP) is 17.8. The summed E-state index contributed by atoms with van der Waals surface area (Å²) >= 11 is 0. The van der Waals surface area contributed by atoms with E-state index in [0.29, 0.717) is 26.4 Å². The van der Waals surface area contributed by atoms with Crippen molar-refractivity contribution in [1.82, 2.24) is 0 Å². The van der Waals surface area contributed by atoms with E-state index in [1.54, 1.807) is 0 Å². The summed E-state index contributed by atoms with van der Waals surface area (Å²) < 4.78 is 165. The van der Waals surface area contributed by atoms with Crippen LogP contribution in [0, 0.1) is 0 Å². The van der Waals surface area contributed by atoms with E-state index >= 15 is 0 Å². The third-order valence-corrected chi connectivity index (χ3v) is 12.0. The lowest BCUT2D eigenvalue weighted by molar-refractivity contribution is -0.744. The summed E-state index contributed by atoms with van der Waals surface area (Å²) in [6, 6.07) is 0. The van der Waals surface area contributed by atoms with E-state index in [9.17, 15) is 69.1 Å². The molecule has 0 saturated carbocycles. The van der Waals surface area contributed by atoms with Gasteiger partial charge in [0.2, 0.25) is 0 Å². The average molecular weight is 1140 g/mol. The highest BCUT2D eigenvalue weighted by Crippen LogP contribution is 2.38. The Morgan fingerprint density at radius 1 is 0.263 bits per heavy atom. The van der Waals surface area contributed by atoms with Gasteiger partial charge in [0.05, 0.1) is 0 Å². The number of rotatable bonds is 8. The molecule has 4 fully saturated rings. The zero-order chi connectivity index (χ0) is 61.3. The van der Waals surface area contributed by atoms with Gasteiger partial charge in [-0.05, 0) is 53.4 Å². The van der Waals surface area contributed by atoms with Crippen LogP contribution in [0.25, 0.3) is 0 Å². The van der Waals surface area contributed by atoms with Crippen LogP contribution < -0.4 is 0 Å². The van der Waals surface area contributed by atoms with E-state index in [1.165, 1.54) is 77.0 Å². The lowest BCUT2D eigenvalue weighted by Gasteiger charge is -2.34. The van der Waals surface area contributed by atoms with Gasteiger partial charge in [0.25, 0.3) is 0 Å². The Morgan fingerprint density at radius 2 is 0.355 bits per heavy atom. The molecule has 0 aromatic heterocycles. The maximum atomic E-state index is 9.75. The minimum atomic E-state index is -6.00. The summed E-state index contributed by atoms with van der Waals surface area (Å²) in [6.07, 6.45) is 14.6. The molecule has 76 heavy (non-hydrogen) atoms. The Labute approximate surface area is 442 Å². The van der Waals surface area contributed by atoms with E-state index in [1.807, 2.05) is 27.7 Å². The SMILES string of the molecule is CCON=[N+]1C(C)(C)CCCC1(C)C.CCON=[N+]1C(C)(C)CCCC1(C)C.CCON=[N+]1C(C)(C)CCCC1(C)C.CCON=[N+]1C(C)(C)CCCC1(C)C.F[B-](F)(F)F.F[B-](F)(F)F.F[B-](F)(F)F.F[B-](F)(F)F. The molecule has 4 aliphatic heterocycles. The number of nitrogens with zero attached hydrogens (tertiary/aromatic N) is 8. The van der Waals surface area contributed by atoms with E-state index in [2.05, 4.69) is 151 Å². The first-order valence-electron chi connectivity index (χ1n) is 25.6. The number of hydrogen-bond donors (Lipinski definition) is 0. The Kier molecular flexibility index (Phi) is 34.1. The Balaban J connectivity index is -0.000000406. The van der Waals surface area contributed by atoms with Gasteiger partial charge in [-0.1, -0.05) is 18.8 Å². The zero-order valence-corrected chi connectivity index (χ0v) is 48.9. The van der Waals surface area contributed by atoms with Crippen LogP contribution in [0.4, 0.5) is 69.1 Å². The molecule has 12 nitrogen and oxygen atoms in total. The molecule has 0 bridgehead atoms. The van der Waals surface area contributed by atoms with Crippen LogP contribution in [0.5, 0.6) is 0 Å². The maximum Gasteiger partial charge on any atom is 0.673 e. The highest BCUT2D eigenvalue weighted by molar-refractivity contribution is 6.51. The third kappa shape index (κ3) is 40.0.